The topological polar surface area (TPSA) is 48.0 Å². The molecule has 2 aromatic carbocycles. The summed E-state index contributed by atoms with van der Waals surface area (Å²) in [6.07, 6.45) is 1.08. The van der Waals surface area contributed by atoms with Crippen molar-refractivity contribution in [3.63, 3.8) is 0 Å². The van der Waals surface area contributed by atoms with E-state index < -0.39 is 0 Å². The number of hydrogen-bond donors (Lipinski definition) is 0. The minimum absolute atomic E-state index is 0.0852. The van der Waals surface area contributed by atoms with Crippen molar-refractivity contribution < 1.29 is 19.0 Å². The van der Waals surface area contributed by atoms with Gasteiger partial charge in [-0.25, -0.2) is 0 Å². The van der Waals surface area contributed by atoms with Gasteiger partial charge in [-0.2, -0.15) is 0 Å². The number of morpholine rings is 1. The number of rotatable bonds is 7. The number of benzene rings is 2. The maximum absolute atomic E-state index is 12.7. The molecule has 2 aromatic rings. The molecule has 5 nitrogen and oxygen atoms in total. The minimum atomic E-state index is -0.100. The van der Waals surface area contributed by atoms with Gasteiger partial charge in [0.25, 0.3) is 0 Å². The van der Waals surface area contributed by atoms with Crippen molar-refractivity contribution >= 4 is 5.91 Å². The molecule has 2 atom stereocenters. The van der Waals surface area contributed by atoms with Crippen LogP contribution in [0.1, 0.15) is 31.4 Å². The molecule has 0 N–H and O–H groups in total. The van der Waals surface area contributed by atoms with Crippen molar-refractivity contribution in [3.05, 3.63) is 60.2 Å². The molecule has 3 rings (SSSR count). The fourth-order valence-electron chi connectivity index (χ4n) is 3.20. The normalized spacial score (nSPS) is 19.6. The van der Waals surface area contributed by atoms with Crippen LogP contribution in [0.3, 0.4) is 0 Å². The first kappa shape index (κ1) is 19.2. The van der Waals surface area contributed by atoms with E-state index >= 15 is 0 Å². The highest BCUT2D eigenvalue weighted by Crippen LogP contribution is 2.27. The predicted molar refractivity (Wildman–Crippen MR) is 104 cm³/mol. The first-order chi connectivity index (χ1) is 13.2. The Morgan fingerprint density at radius 2 is 1.85 bits per heavy atom. The summed E-state index contributed by atoms with van der Waals surface area (Å²) >= 11 is 0. The van der Waals surface area contributed by atoms with Crippen LogP contribution in [0.2, 0.25) is 0 Å². The van der Waals surface area contributed by atoms with Crippen LogP contribution >= 0.6 is 0 Å². The van der Waals surface area contributed by atoms with Gasteiger partial charge in [-0.3, -0.25) is 4.79 Å². The maximum Gasteiger partial charge on any atom is 0.223 e. The molecule has 1 heterocycles. The predicted octanol–water partition coefficient (Wildman–Crippen LogP) is 3.84. The zero-order valence-corrected chi connectivity index (χ0v) is 16.0. The number of carbonyl (C=O) groups excluding carboxylic acids is 1. The molecule has 1 amide bonds. The van der Waals surface area contributed by atoms with Crippen LogP contribution in [-0.4, -0.2) is 43.7 Å². The summed E-state index contributed by atoms with van der Waals surface area (Å²) in [5.41, 5.74) is 1.06. The Bertz CT molecular complexity index is 717. The average Bonchev–Trinajstić information content (AvgIpc) is 2.72. The molecule has 0 aromatic heterocycles. The van der Waals surface area contributed by atoms with E-state index in [1.807, 2.05) is 66.4 Å². The molecule has 1 aliphatic heterocycles. The second-order valence-electron chi connectivity index (χ2n) is 6.76. The summed E-state index contributed by atoms with van der Waals surface area (Å²) in [5, 5.41) is 0. The lowest BCUT2D eigenvalue weighted by Crippen LogP contribution is -2.48. The van der Waals surface area contributed by atoms with Crippen LogP contribution in [0.5, 0.6) is 11.5 Å². The zero-order chi connectivity index (χ0) is 19.1. The van der Waals surface area contributed by atoms with Crippen LogP contribution in [0.15, 0.2) is 54.6 Å². The molecule has 1 saturated heterocycles. The van der Waals surface area contributed by atoms with Gasteiger partial charge in [-0.1, -0.05) is 30.3 Å². The van der Waals surface area contributed by atoms with Crippen molar-refractivity contribution in [3.8, 4) is 11.5 Å². The summed E-state index contributed by atoms with van der Waals surface area (Å²) in [7, 11) is 1.65. The van der Waals surface area contributed by atoms with Gasteiger partial charge in [0.2, 0.25) is 5.91 Å². The van der Waals surface area contributed by atoms with Gasteiger partial charge in [0.1, 0.15) is 17.6 Å². The quantitative estimate of drug-likeness (QED) is 0.696. The Morgan fingerprint density at radius 1 is 1.11 bits per heavy atom. The van der Waals surface area contributed by atoms with Crippen molar-refractivity contribution in [1.82, 2.24) is 4.90 Å². The third-order valence-corrected chi connectivity index (χ3v) is 4.79. The first-order valence-electron chi connectivity index (χ1n) is 9.40. The number of carbonyl (C=O) groups is 1. The molecule has 1 aliphatic rings. The smallest absolute Gasteiger partial charge is 0.223 e. The van der Waals surface area contributed by atoms with E-state index in [9.17, 15) is 4.79 Å². The lowest BCUT2D eigenvalue weighted by molar-refractivity contribution is -0.144. The largest absolute Gasteiger partial charge is 0.497 e. The summed E-state index contributed by atoms with van der Waals surface area (Å²) in [5.74, 6) is 1.81. The van der Waals surface area contributed by atoms with Crippen LogP contribution in [-0.2, 0) is 9.53 Å². The molecule has 5 heteroatoms. The SMILES string of the molecule is COc1ccc(C2CN(C(=O)CCCOc3ccccc3)C(C)CO2)cc1. The third-order valence-electron chi connectivity index (χ3n) is 4.79. The number of nitrogens with zero attached hydrogens (tertiary/aromatic N) is 1. The van der Waals surface area contributed by atoms with Gasteiger partial charge in [-0.05, 0) is 43.2 Å². The molecule has 0 spiro atoms. The van der Waals surface area contributed by atoms with Gasteiger partial charge in [0.05, 0.1) is 32.9 Å². The number of ether oxygens (including phenoxy) is 3. The number of methoxy groups -OCH3 is 1. The molecular formula is C22H27NO4. The highest BCUT2D eigenvalue weighted by Gasteiger charge is 2.30. The number of para-hydroxylation sites is 1. The summed E-state index contributed by atoms with van der Waals surface area (Å²) in [6, 6.07) is 17.6. The maximum atomic E-state index is 12.7. The molecule has 144 valence electrons. The third kappa shape index (κ3) is 5.23. The van der Waals surface area contributed by atoms with Crippen LogP contribution in [0.4, 0.5) is 0 Å². The van der Waals surface area contributed by atoms with Gasteiger partial charge in [0.15, 0.2) is 0 Å². The van der Waals surface area contributed by atoms with Gasteiger partial charge >= 0.3 is 0 Å². The van der Waals surface area contributed by atoms with E-state index in [-0.39, 0.29) is 18.1 Å². The first-order valence-corrected chi connectivity index (χ1v) is 9.40. The second-order valence-corrected chi connectivity index (χ2v) is 6.76. The van der Waals surface area contributed by atoms with Crippen LogP contribution in [0.25, 0.3) is 0 Å². The molecule has 0 radical (unpaired) electrons. The summed E-state index contributed by atoms with van der Waals surface area (Å²) < 4.78 is 16.8. The van der Waals surface area contributed by atoms with Crippen molar-refractivity contribution in [2.75, 3.05) is 26.9 Å². The van der Waals surface area contributed by atoms with Gasteiger partial charge in [0, 0.05) is 6.42 Å². The Kier molecular flexibility index (Phi) is 6.71. The molecule has 0 aliphatic carbocycles. The van der Waals surface area contributed by atoms with Crippen LogP contribution < -0.4 is 9.47 Å². The highest BCUT2D eigenvalue weighted by atomic mass is 16.5. The Balaban J connectivity index is 1.50. The molecule has 1 fully saturated rings. The van der Waals surface area contributed by atoms with E-state index in [1.165, 1.54) is 0 Å². The fraction of sp³-hybridized carbons (Fsp3) is 0.409. The van der Waals surface area contributed by atoms with E-state index in [4.69, 9.17) is 14.2 Å². The van der Waals surface area contributed by atoms with E-state index in [0.717, 1.165) is 17.1 Å². The Hall–Kier alpha value is -2.53. The van der Waals surface area contributed by atoms with Gasteiger partial charge < -0.3 is 19.1 Å². The van der Waals surface area contributed by atoms with Crippen molar-refractivity contribution in [2.24, 2.45) is 0 Å². The molecular weight excluding hydrogens is 342 g/mol. The Morgan fingerprint density at radius 3 is 2.56 bits per heavy atom. The van der Waals surface area contributed by atoms with E-state index in [2.05, 4.69) is 0 Å². The van der Waals surface area contributed by atoms with Crippen LogP contribution in [0, 0.1) is 0 Å². The number of amides is 1. The summed E-state index contributed by atoms with van der Waals surface area (Å²) in [6.45, 7) is 3.69. The van der Waals surface area contributed by atoms with Crippen molar-refractivity contribution in [1.29, 1.82) is 0 Å². The number of hydrogen-bond acceptors (Lipinski definition) is 4. The monoisotopic (exact) mass is 369 g/mol. The molecule has 0 saturated carbocycles. The molecule has 27 heavy (non-hydrogen) atoms. The van der Waals surface area contributed by atoms with Gasteiger partial charge in [-0.15, -0.1) is 0 Å². The lowest BCUT2D eigenvalue weighted by Gasteiger charge is -2.38. The molecule has 2 unspecified atom stereocenters. The lowest BCUT2D eigenvalue weighted by atomic mass is 10.1. The average molecular weight is 369 g/mol. The van der Waals surface area contributed by atoms with E-state index in [1.54, 1.807) is 7.11 Å². The van der Waals surface area contributed by atoms with E-state index in [0.29, 0.717) is 32.6 Å². The second kappa shape index (κ2) is 9.42. The summed E-state index contributed by atoms with van der Waals surface area (Å²) in [4.78, 5) is 14.6. The highest BCUT2D eigenvalue weighted by molar-refractivity contribution is 5.76. The fourth-order valence-corrected chi connectivity index (χ4v) is 3.20. The zero-order valence-electron chi connectivity index (χ0n) is 16.0. The standard InChI is InChI=1S/C22H27NO4/c1-17-16-27-21(18-10-12-19(25-2)13-11-18)15-23(17)22(24)9-6-14-26-20-7-4-3-5-8-20/h3-5,7-8,10-13,17,21H,6,9,14-16H2,1-2H3. The minimum Gasteiger partial charge on any atom is -0.497 e. The molecule has 0 bridgehead atoms. The van der Waals surface area contributed by atoms with Crippen molar-refractivity contribution in [2.45, 2.75) is 31.9 Å². The Labute approximate surface area is 160 Å².